The van der Waals surface area contributed by atoms with Gasteiger partial charge in [0.2, 0.25) is 15.7 Å². The third-order valence-corrected chi connectivity index (χ3v) is 4.67. The van der Waals surface area contributed by atoms with E-state index in [1.165, 1.54) is 0 Å². The van der Waals surface area contributed by atoms with Crippen molar-refractivity contribution >= 4 is 15.7 Å². The zero-order valence-electron chi connectivity index (χ0n) is 13.3. The molecule has 8 nitrogen and oxygen atoms in total. The molecule has 0 radical (unpaired) electrons. The van der Waals surface area contributed by atoms with Crippen molar-refractivity contribution in [3.8, 4) is 5.75 Å². The topological polar surface area (TPSA) is 103 Å². The molecule has 0 bridgehead atoms. The molecule has 24 heavy (non-hydrogen) atoms. The summed E-state index contributed by atoms with van der Waals surface area (Å²) in [6.45, 7) is 0.548. The van der Waals surface area contributed by atoms with Crippen molar-refractivity contribution in [2.75, 3.05) is 19.9 Å². The van der Waals surface area contributed by atoms with Crippen molar-refractivity contribution in [1.29, 1.82) is 0 Å². The fraction of sp³-hybridized carbons (Fsp3) is 0.400. The molecule has 1 aromatic carbocycles. The quantitative estimate of drug-likeness (QED) is 0.821. The fourth-order valence-corrected chi connectivity index (χ4v) is 3.10. The SMILES string of the molecule is COc1ccc(C(=O)N2CCC[C@H]2c2nnc(S(C)(=O)=O)o2)cc1. The van der Waals surface area contributed by atoms with Gasteiger partial charge >= 0.3 is 5.22 Å². The van der Waals surface area contributed by atoms with Crippen LogP contribution in [-0.4, -0.2) is 49.3 Å². The largest absolute Gasteiger partial charge is 0.497 e. The van der Waals surface area contributed by atoms with E-state index in [-0.39, 0.29) is 11.8 Å². The first-order valence-electron chi connectivity index (χ1n) is 7.38. The van der Waals surface area contributed by atoms with Gasteiger partial charge in [-0.25, -0.2) is 8.42 Å². The van der Waals surface area contributed by atoms with Crippen LogP contribution in [0.3, 0.4) is 0 Å². The molecule has 2 aromatic rings. The van der Waals surface area contributed by atoms with Gasteiger partial charge in [0.1, 0.15) is 11.8 Å². The Morgan fingerprint density at radius 1 is 1.29 bits per heavy atom. The summed E-state index contributed by atoms with van der Waals surface area (Å²) in [7, 11) is -2.01. The van der Waals surface area contributed by atoms with Gasteiger partial charge in [0, 0.05) is 18.4 Å². The second-order valence-corrected chi connectivity index (χ2v) is 7.46. The highest BCUT2D eigenvalue weighted by Gasteiger charge is 2.35. The number of carbonyl (C=O) groups excluding carboxylic acids is 1. The summed E-state index contributed by atoms with van der Waals surface area (Å²) < 4.78 is 33.3. The lowest BCUT2D eigenvalue weighted by molar-refractivity contribution is 0.0712. The van der Waals surface area contributed by atoms with Crippen molar-refractivity contribution in [3.63, 3.8) is 0 Å². The number of hydrogen-bond acceptors (Lipinski definition) is 7. The second kappa shape index (κ2) is 6.23. The Kier molecular flexibility index (Phi) is 4.27. The van der Waals surface area contributed by atoms with E-state index < -0.39 is 21.1 Å². The highest BCUT2D eigenvalue weighted by Crippen LogP contribution is 2.33. The summed E-state index contributed by atoms with van der Waals surface area (Å²) in [5, 5.41) is 6.94. The molecule has 2 heterocycles. The van der Waals surface area contributed by atoms with E-state index in [0.29, 0.717) is 24.3 Å². The van der Waals surface area contributed by atoms with E-state index >= 15 is 0 Å². The van der Waals surface area contributed by atoms with Crippen molar-refractivity contribution < 1.29 is 22.4 Å². The molecule has 0 N–H and O–H groups in total. The number of carbonyl (C=O) groups is 1. The summed E-state index contributed by atoms with van der Waals surface area (Å²) in [4.78, 5) is 14.3. The number of ether oxygens (including phenoxy) is 1. The molecule has 1 amide bonds. The molecule has 1 fully saturated rings. The number of hydrogen-bond donors (Lipinski definition) is 0. The van der Waals surface area contributed by atoms with Gasteiger partial charge < -0.3 is 14.1 Å². The Labute approximate surface area is 139 Å². The number of aromatic nitrogens is 2. The van der Waals surface area contributed by atoms with E-state index in [1.807, 2.05) is 0 Å². The summed E-state index contributed by atoms with van der Waals surface area (Å²) in [6, 6.07) is 6.39. The third-order valence-electron chi connectivity index (χ3n) is 3.87. The van der Waals surface area contributed by atoms with Gasteiger partial charge in [-0.1, -0.05) is 5.10 Å². The van der Waals surface area contributed by atoms with Crippen LogP contribution in [0.25, 0.3) is 0 Å². The third kappa shape index (κ3) is 3.12. The molecule has 0 spiro atoms. The molecule has 1 aliphatic rings. The van der Waals surface area contributed by atoms with Crippen LogP contribution in [0, 0.1) is 0 Å². The lowest BCUT2D eigenvalue weighted by atomic mass is 10.1. The van der Waals surface area contributed by atoms with Gasteiger partial charge in [-0.2, -0.15) is 0 Å². The minimum absolute atomic E-state index is 0.148. The number of amides is 1. The monoisotopic (exact) mass is 351 g/mol. The summed E-state index contributed by atoms with van der Waals surface area (Å²) in [5.41, 5.74) is 0.519. The van der Waals surface area contributed by atoms with Gasteiger partial charge in [0.05, 0.1) is 7.11 Å². The van der Waals surface area contributed by atoms with Gasteiger partial charge in [-0.15, -0.1) is 5.10 Å². The lowest BCUT2D eigenvalue weighted by Gasteiger charge is -2.22. The van der Waals surface area contributed by atoms with Gasteiger partial charge in [0.25, 0.3) is 5.91 Å². The molecule has 1 aliphatic heterocycles. The van der Waals surface area contributed by atoms with Gasteiger partial charge in [-0.3, -0.25) is 4.79 Å². The maximum absolute atomic E-state index is 12.7. The maximum atomic E-state index is 12.7. The molecule has 9 heteroatoms. The van der Waals surface area contributed by atoms with Crippen LogP contribution in [0.4, 0.5) is 0 Å². The smallest absolute Gasteiger partial charge is 0.335 e. The summed E-state index contributed by atoms with van der Waals surface area (Å²) in [5.74, 6) is 0.647. The van der Waals surface area contributed by atoms with E-state index in [1.54, 1.807) is 36.3 Å². The van der Waals surface area contributed by atoms with Crippen molar-refractivity contribution in [3.05, 3.63) is 35.7 Å². The molecule has 128 valence electrons. The van der Waals surface area contributed by atoms with Crippen LogP contribution in [0.5, 0.6) is 5.75 Å². The molecule has 0 saturated carbocycles. The van der Waals surface area contributed by atoms with Crippen LogP contribution < -0.4 is 4.74 Å². The first-order chi connectivity index (χ1) is 11.4. The van der Waals surface area contributed by atoms with E-state index in [4.69, 9.17) is 9.15 Å². The summed E-state index contributed by atoms with van der Waals surface area (Å²) >= 11 is 0. The first-order valence-corrected chi connectivity index (χ1v) is 9.28. The molecule has 0 unspecified atom stereocenters. The molecule has 1 aromatic heterocycles. The van der Waals surface area contributed by atoms with Crippen molar-refractivity contribution in [1.82, 2.24) is 15.1 Å². The number of rotatable bonds is 4. The van der Waals surface area contributed by atoms with Crippen LogP contribution in [-0.2, 0) is 9.84 Å². The summed E-state index contributed by atoms with van der Waals surface area (Å²) in [6.07, 6.45) is 2.43. The van der Waals surface area contributed by atoms with Crippen LogP contribution in [0.15, 0.2) is 33.9 Å². The standard InChI is InChI=1S/C15H17N3O5S/c1-22-11-7-5-10(6-8-11)14(19)18-9-3-4-12(18)13-16-17-15(23-13)24(2,20)21/h5-8,12H,3-4,9H2,1-2H3/t12-/m0/s1. The zero-order valence-corrected chi connectivity index (χ0v) is 14.1. The molecule has 0 aliphatic carbocycles. The first kappa shape index (κ1) is 16.4. The molecule has 1 atom stereocenters. The average Bonchev–Trinajstić information content (AvgIpc) is 3.22. The highest BCUT2D eigenvalue weighted by atomic mass is 32.2. The molecular formula is C15H17N3O5S. The minimum Gasteiger partial charge on any atom is -0.497 e. The Bertz CT molecular complexity index is 844. The maximum Gasteiger partial charge on any atom is 0.335 e. The predicted molar refractivity (Wildman–Crippen MR) is 83.4 cm³/mol. The number of likely N-dealkylation sites (tertiary alicyclic amines) is 1. The van der Waals surface area contributed by atoms with E-state index in [0.717, 1.165) is 12.7 Å². The van der Waals surface area contributed by atoms with E-state index in [2.05, 4.69) is 10.2 Å². The Morgan fingerprint density at radius 2 is 2.00 bits per heavy atom. The normalized spacial score (nSPS) is 17.9. The number of methoxy groups -OCH3 is 1. The van der Waals surface area contributed by atoms with Gasteiger partial charge in [-0.05, 0) is 37.1 Å². The Morgan fingerprint density at radius 3 is 2.58 bits per heavy atom. The van der Waals surface area contributed by atoms with Crippen molar-refractivity contribution in [2.45, 2.75) is 24.1 Å². The fourth-order valence-electron chi connectivity index (χ4n) is 2.67. The minimum atomic E-state index is -3.57. The highest BCUT2D eigenvalue weighted by molar-refractivity contribution is 7.90. The number of nitrogens with zero attached hydrogens (tertiary/aromatic N) is 3. The lowest BCUT2D eigenvalue weighted by Crippen LogP contribution is -2.30. The van der Waals surface area contributed by atoms with E-state index in [9.17, 15) is 13.2 Å². The van der Waals surface area contributed by atoms with Crippen molar-refractivity contribution in [2.24, 2.45) is 0 Å². The molecule has 1 saturated heterocycles. The average molecular weight is 351 g/mol. The zero-order chi connectivity index (χ0) is 17.3. The van der Waals surface area contributed by atoms with Crippen LogP contribution in [0.1, 0.15) is 35.1 Å². The van der Waals surface area contributed by atoms with Gasteiger partial charge in [0.15, 0.2) is 0 Å². The molecule has 3 rings (SSSR count). The predicted octanol–water partition coefficient (Wildman–Crippen LogP) is 1.46. The number of sulfone groups is 1. The van der Waals surface area contributed by atoms with Crippen LogP contribution in [0.2, 0.25) is 0 Å². The molecular weight excluding hydrogens is 334 g/mol. The Hall–Kier alpha value is -2.42. The van der Waals surface area contributed by atoms with Crippen LogP contribution >= 0.6 is 0 Å². The Balaban J connectivity index is 1.84. The second-order valence-electron chi connectivity index (χ2n) is 5.56. The number of benzene rings is 1.